The summed E-state index contributed by atoms with van der Waals surface area (Å²) >= 11 is 0. The Morgan fingerprint density at radius 3 is 2.65 bits per heavy atom. The largest absolute Gasteiger partial charge is 0.356 e. The predicted molar refractivity (Wildman–Crippen MR) is 76.3 cm³/mol. The standard InChI is InChI=1S/C11H23N3O.2ClH/c1-14(2)8-4-7-13-11(15)9-10-5-3-6-12-10;;/h10,12H,3-9H2,1-2H3,(H,13,15);2*1H. The first-order chi connectivity index (χ1) is 7.18. The molecule has 1 unspecified atom stereocenters. The van der Waals surface area contributed by atoms with Crippen LogP contribution in [0.15, 0.2) is 0 Å². The number of hydrogen-bond acceptors (Lipinski definition) is 3. The normalized spacial score (nSPS) is 18.4. The first-order valence-electron chi connectivity index (χ1n) is 5.83. The van der Waals surface area contributed by atoms with E-state index in [9.17, 15) is 4.79 Å². The van der Waals surface area contributed by atoms with Gasteiger partial charge in [0.05, 0.1) is 0 Å². The summed E-state index contributed by atoms with van der Waals surface area (Å²) in [5, 5.41) is 6.29. The Balaban J connectivity index is 0. The third-order valence-electron chi connectivity index (χ3n) is 2.70. The van der Waals surface area contributed by atoms with Gasteiger partial charge in [-0.2, -0.15) is 0 Å². The molecule has 6 heteroatoms. The highest BCUT2D eigenvalue weighted by molar-refractivity contribution is 5.85. The molecule has 1 amide bonds. The van der Waals surface area contributed by atoms with Crippen LogP contribution in [0.25, 0.3) is 0 Å². The first kappa shape index (κ1) is 19.3. The van der Waals surface area contributed by atoms with Crippen molar-refractivity contribution in [3.8, 4) is 0 Å². The second-order valence-electron chi connectivity index (χ2n) is 4.50. The molecule has 1 aliphatic heterocycles. The molecule has 0 spiro atoms. The van der Waals surface area contributed by atoms with Gasteiger partial charge in [-0.3, -0.25) is 4.79 Å². The molecule has 0 aromatic heterocycles. The number of carbonyl (C=O) groups excluding carboxylic acids is 1. The fraction of sp³-hybridized carbons (Fsp3) is 0.909. The Hall–Kier alpha value is -0.0300. The lowest BCUT2D eigenvalue weighted by Gasteiger charge is -2.12. The van der Waals surface area contributed by atoms with Crippen molar-refractivity contribution in [1.29, 1.82) is 0 Å². The number of halogens is 2. The van der Waals surface area contributed by atoms with Gasteiger partial charge in [0.1, 0.15) is 0 Å². The van der Waals surface area contributed by atoms with Crippen LogP contribution in [-0.2, 0) is 4.79 Å². The lowest BCUT2D eigenvalue weighted by molar-refractivity contribution is -0.121. The van der Waals surface area contributed by atoms with Crippen molar-refractivity contribution >= 4 is 30.7 Å². The van der Waals surface area contributed by atoms with Gasteiger partial charge in [0.2, 0.25) is 5.91 Å². The van der Waals surface area contributed by atoms with Crippen molar-refractivity contribution in [2.45, 2.75) is 31.7 Å². The highest BCUT2D eigenvalue weighted by atomic mass is 35.5. The van der Waals surface area contributed by atoms with E-state index in [1.54, 1.807) is 0 Å². The van der Waals surface area contributed by atoms with Gasteiger partial charge < -0.3 is 15.5 Å². The van der Waals surface area contributed by atoms with Gasteiger partial charge in [-0.25, -0.2) is 0 Å². The van der Waals surface area contributed by atoms with E-state index in [1.165, 1.54) is 6.42 Å². The summed E-state index contributed by atoms with van der Waals surface area (Å²) in [6.45, 7) is 2.89. The molecular formula is C11H25Cl2N3O. The maximum atomic E-state index is 11.5. The van der Waals surface area contributed by atoms with E-state index in [1.807, 2.05) is 14.1 Å². The van der Waals surface area contributed by atoms with Crippen LogP contribution in [0.4, 0.5) is 0 Å². The molecule has 4 nitrogen and oxygen atoms in total. The maximum absolute atomic E-state index is 11.5. The van der Waals surface area contributed by atoms with Gasteiger partial charge >= 0.3 is 0 Å². The topological polar surface area (TPSA) is 44.4 Å². The minimum absolute atomic E-state index is 0. The average molecular weight is 286 g/mol. The van der Waals surface area contributed by atoms with Gasteiger partial charge in [0, 0.05) is 19.0 Å². The molecule has 0 bridgehead atoms. The van der Waals surface area contributed by atoms with Gasteiger partial charge in [-0.15, -0.1) is 24.8 Å². The van der Waals surface area contributed by atoms with Crippen LogP contribution in [0.1, 0.15) is 25.7 Å². The van der Waals surface area contributed by atoms with Crippen molar-refractivity contribution in [2.75, 3.05) is 33.7 Å². The number of rotatable bonds is 6. The Bertz CT molecular complexity index is 197. The summed E-state index contributed by atoms with van der Waals surface area (Å²) in [4.78, 5) is 13.6. The Morgan fingerprint density at radius 1 is 1.41 bits per heavy atom. The molecule has 1 atom stereocenters. The third-order valence-corrected chi connectivity index (χ3v) is 2.70. The van der Waals surface area contributed by atoms with Crippen molar-refractivity contribution in [3.63, 3.8) is 0 Å². The summed E-state index contributed by atoms with van der Waals surface area (Å²) in [5.74, 6) is 0.188. The number of carbonyl (C=O) groups is 1. The molecule has 1 fully saturated rings. The van der Waals surface area contributed by atoms with Crippen LogP contribution in [0, 0.1) is 0 Å². The summed E-state index contributed by atoms with van der Waals surface area (Å²) in [5.41, 5.74) is 0. The maximum Gasteiger partial charge on any atom is 0.221 e. The Morgan fingerprint density at radius 2 is 2.12 bits per heavy atom. The SMILES string of the molecule is CN(C)CCCNC(=O)CC1CCCN1.Cl.Cl. The quantitative estimate of drug-likeness (QED) is 0.717. The number of nitrogens with one attached hydrogen (secondary N) is 2. The summed E-state index contributed by atoms with van der Waals surface area (Å²) < 4.78 is 0. The Labute approximate surface area is 117 Å². The van der Waals surface area contributed by atoms with E-state index >= 15 is 0 Å². The molecular weight excluding hydrogens is 261 g/mol. The molecule has 17 heavy (non-hydrogen) atoms. The Kier molecular flexibility index (Phi) is 12.6. The first-order valence-corrected chi connectivity index (χ1v) is 5.83. The van der Waals surface area contributed by atoms with Crippen molar-refractivity contribution in [2.24, 2.45) is 0 Å². The monoisotopic (exact) mass is 285 g/mol. The number of amides is 1. The fourth-order valence-electron chi connectivity index (χ4n) is 1.85. The van der Waals surface area contributed by atoms with E-state index in [0.29, 0.717) is 12.5 Å². The molecule has 1 rings (SSSR count). The number of hydrogen-bond donors (Lipinski definition) is 2. The molecule has 2 N–H and O–H groups in total. The lowest BCUT2D eigenvalue weighted by Crippen LogP contribution is -2.33. The highest BCUT2D eigenvalue weighted by Gasteiger charge is 2.16. The van der Waals surface area contributed by atoms with Gasteiger partial charge in [-0.1, -0.05) is 0 Å². The van der Waals surface area contributed by atoms with Crippen molar-refractivity contribution in [3.05, 3.63) is 0 Å². The molecule has 104 valence electrons. The van der Waals surface area contributed by atoms with Gasteiger partial charge in [0.15, 0.2) is 0 Å². The molecule has 1 aliphatic rings. The molecule has 0 aromatic rings. The lowest BCUT2D eigenvalue weighted by atomic mass is 10.1. The van der Waals surface area contributed by atoms with Crippen LogP contribution in [-0.4, -0.2) is 50.6 Å². The summed E-state index contributed by atoms with van der Waals surface area (Å²) in [6.07, 6.45) is 4.02. The van der Waals surface area contributed by atoms with Crippen molar-refractivity contribution in [1.82, 2.24) is 15.5 Å². The van der Waals surface area contributed by atoms with Crippen molar-refractivity contribution < 1.29 is 4.79 Å². The molecule has 0 aromatic carbocycles. The van der Waals surface area contributed by atoms with E-state index in [2.05, 4.69) is 15.5 Å². The second-order valence-corrected chi connectivity index (χ2v) is 4.50. The zero-order chi connectivity index (χ0) is 11.1. The minimum Gasteiger partial charge on any atom is -0.356 e. The zero-order valence-electron chi connectivity index (χ0n) is 10.7. The summed E-state index contributed by atoms with van der Waals surface area (Å²) in [7, 11) is 4.09. The molecule has 0 radical (unpaired) electrons. The van der Waals surface area contributed by atoms with Crippen LogP contribution in [0.3, 0.4) is 0 Å². The van der Waals surface area contributed by atoms with Crippen LogP contribution in [0.5, 0.6) is 0 Å². The van der Waals surface area contributed by atoms with Crippen LogP contribution >= 0.6 is 24.8 Å². The molecule has 0 saturated carbocycles. The smallest absolute Gasteiger partial charge is 0.221 e. The average Bonchev–Trinajstić information content (AvgIpc) is 2.64. The van der Waals surface area contributed by atoms with E-state index in [-0.39, 0.29) is 30.7 Å². The van der Waals surface area contributed by atoms with Gasteiger partial charge in [-0.05, 0) is 46.4 Å². The predicted octanol–water partition coefficient (Wildman–Crippen LogP) is 1.04. The third kappa shape index (κ3) is 9.65. The molecule has 0 aliphatic carbocycles. The highest BCUT2D eigenvalue weighted by Crippen LogP contribution is 2.07. The number of nitrogens with zero attached hydrogens (tertiary/aromatic N) is 1. The van der Waals surface area contributed by atoms with E-state index < -0.39 is 0 Å². The second kappa shape index (κ2) is 11.1. The molecule has 1 heterocycles. The van der Waals surface area contributed by atoms with E-state index in [0.717, 1.165) is 32.5 Å². The fourth-order valence-corrected chi connectivity index (χ4v) is 1.85. The molecule has 1 saturated heterocycles. The van der Waals surface area contributed by atoms with E-state index in [4.69, 9.17) is 0 Å². The van der Waals surface area contributed by atoms with Crippen LogP contribution in [0.2, 0.25) is 0 Å². The minimum atomic E-state index is 0. The van der Waals surface area contributed by atoms with Crippen LogP contribution < -0.4 is 10.6 Å². The van der Waals surface area contributed by atoms with Gasteiger partial charge in [0.25, 0.3) is 0 Å². The zero-order valence-corrected chi connectivity index (χ0v) is 12.3. The summed E-state index contributed by atoms with van der Waals surface area (Å²) in [6, 6.07) is 0.416.